The highest BCUT2D eigenvalue weighted by Crippen LogP contribution is 2.30. The highest BCUT2D eigenvalue weighted by atomic mass is 19.4. The monoisotopic (exact) mass is 400 g/mol. The third-order valence-electron chi connectivity index (χ3n) is 4.20. The van der Waals surface area contributed by atoms with E-state index in [0.29, 0.717) is 11.4 Å². The molecular weight excluding hydrogens is 388 g/mol. The summed E-state index contributed by atoms with van der Waals surface area (Å²) < 4.78 is 54.8. The fourth-order valence-corrected chi connectivity index (χ4v) is 2.82. The Morgan fingerprint density at radius 3 is 2.38 bits per heavy atom. The number of hydrogen-bond donors (Lipinski definition) is 0. The molecule has 5 nitrogen and oxygen atoms in total. The maximum absolute atomic E-state index is 13.2. The third kappa shape index (κ3) is 3.66. The molecule has 0 unspecified atom stereocenters. The zero-order valence-corrected chi connectivity index (χ0v) is 14.6. The summed E-state index contributed by atoms with van der Waals surface area (Å²) in [6, 6.07) is 12.8. The number of benzene rings is 2. The second kappa shape index (κ2) is 7.01. The summed E-state index contributed by atoms with van der Waals surface area (Å²) in [7, 11) is 0. The summed E-state index contributed by atoms with van der Waals surface area (Å²) in [6.07, 6.45) is -1.76. The maximum atomic E-state index is 13.2. The van der Waals surface area contributed by atoms with Gasteiger partial charge in [-0.2, -0.15) is 23.4 Å². The third-order valence-corrected chi connectivity index (χ3v) is 4.20. The van der Waals surface area contributed by atoms with E-state index in [-0.39, 0.29) is 11.4 Å². The van der Waals surface area contributed by atoms with Gasteiger partial charge in [-0.05, 0) is 48.5 Å². The second-order valence-corrected chi connectivity index (χ2v) is 6.13. The van der Waals surface area contributed by atoms with E-state index < -0.39 is 23.0 Å². The molecule has 0 saturated carbocycles. The van der Waals surface area contributed by atoms with E-state index in [4.69, 9.17) is 0 Å². The van der Waals surface area contributed by atoms with Gasteiger partial charge in [0.15, 0.2) is 5.69 Å². The van der Waals surface area contributed by atoms with Crippen LogP contribution >= 0.6 is 0 Å². The van der Waals surface area contributed by atoms with E-state index >= 15 is 0 Å². The number of nitrogens with zero attached hydrogens (tertiary/aromatic N) is 4. The number of halogens is 4. The summed E-state index contributed by atoms with van der Waals surface area (Å²) >= 11 is 0. The molecule has 29 heavy (non-hydrogen) atoms. The Bertz CT molecular complexity index is 1230. The Morgan fingerprint density at radius 2 is 1.66 bits per heavy atom. The van der Waals surface area contributed by atoms with Crippen molar-refractivity contribution in [2.75, 3.05) is 0 Å². The normalized spacial score (nSPS) is 11.6. The average molecular weight is 400 g/mol. The first kappa shape index (κ1) is 18.6. The van der Waals surface area contributed by atoms with E-state index in [1.165, 1.54) is 64.2 Å². The van der Waals surface area contributed by atoms with Gasteiger partial charge in [-0.25, -0.2) is 13.8 Å². The highest BCUT2D eigenvalue weighted by molar-refractivity contribution is 5.57. The minimum Gasteiger partial charge on any atom is -0.287 e. The topological polar surface area (TPSA) is 52.7 Å². The van der Waals surface area contributed by atoms with Gasteiger partial charge < -0.3 is 0 Å². The van der Waals surface area contributed by atoms with Crippen LogP contribution in [0.4, 0.5) is 17.6 Å². The minimum absolute atomic E-state index is 0.00765. The maximum Gasteiger partial charge on any atom is 0.416 e. The van der Waals surface area contributed by atoms with E-state index in [0.717, 1.165) is 12.1 Å². The fourth-order valence-electron chi connectivity index (χ4n) is 2.82. The molecule has 0 atom stereocenters. The van der Waals surface area contributed by atoms with Gasteiger partial charge in [0.1, 0.15) is 5.82 Å². The molecule has 0 fully saturated rings. The molecule has 9 heteroatoms. The molecular formula is C20H12F4N4O. The molecule has 4 aromatic rings. The summed E-state index contributed by atoms with van der Waals surface area (Å²) in [5, 5.41) is 8.35. The molecule has 0 bridgehead atoms. The predicted octanol–water partition coefficient (Wildman–Crippen LogP) is 4.24. The molecule has 0 amide bonds. The first-order valence-corrected chi connectivity index (χ1v) is 8.41. The van der Waals surface area contributed by atoms with Crippen molar-refractivity contribution in [3.05, 3.63) is 94.7 Å². The summed E-state index contributed by atoms with van der Waals surface area (Å²) in [5.41, 5.74) is -0.295. The molecule has 0 aliphatic rings. The number of alkyl halides is 3. The van der Waals surface area contributed by atoms with Crippen molar-refractivity contribution in [1.29, 1.82) is 0 Å². The van der Waals surface area contributed by atoms with Gasteiger partial charge in [0.05, 0.1) is 28.8 Å². The summed E-state index contributed by atoms with van der Waals surface area (Å²) in [5.74, 6) is -0.424. The molecule has 4 rings (SSSR count). The minimum atomic E-state index is -4.50. The SMILES string of the molecule is O=c1ccn(-c2cccc(C(F)(F)F)c2)nc1-c1ccnn1-c1ccc(F)cc1. The van der Waals surface area contributed by atoms with Crippen LogP contribution in [0.15, 0.2) is 77.9 Å². The Morgan fingerprint density at radius 1 is 0.897 bits per heavy atom. The smallest absolute Gasteiger partial charge is 0.287 e. The quantitative estimate of drug-likeness (QED) is 0.484. The zero-order chi connectivity index (χ0) is 20.6. The Balaban J connectivity index is 1.82. The molecule has 0 N–H and O–H groups in total. The summed E-state index contributed by atoms with van der Waals surface area (Å²) in [6.45, 7) is 0. The van der Waals surface area contributed by atoms with E-state index in [1.54, 1.807) is 6.07 Å². The van der Waals surface area contributed by atoms with Crippen LogP contribution in [0.3, 0.4) is 0 Å². The van der Waals surface area contributed by atoms with Crippen LogP contribution < -0.4 is 5.43 Å². The Hall–Kier alpha value is -3.75. The van der Waals surface area contributed by atoms with Gasteiger partial charge in [-0.3, -0.25) is 4.79 Å². The van der Waals surface area contributed by atoms with Gasteiger partial charge in [-0.1, -0.05) is 6.07 Å². The van der Waals surface area contributed by atoms with Crippen molar-refractivity contribution in [3.8, 4) is 22.8 Å². The Labute approximate surface area is 161 Å². The molecule has 146 valence electrons. The van der Waals surface area contributed by atoms with Gasteiger partial charge in [0.25, 0.3) is 0 Å². The van der Waals surface area contributed by atoms with Crippen molar-refractivity contribution < 1.29 is 17.6 Å². The molecule has 0 aliphatic carbocycles. The van der Waals surface area contributed by atoms with Crippen LogP contribution in [0.5, 0.6) is 0 Å². The lowest BCUT2D eigenvalue weighted by molar-refractivity contribution is -0.137. The highest BCUT2D eigenvalue weighted by Gasteiger charge is 2.30. The van der Waals surface area contributed by atoms with Crippen molar-refractivity contribution in [2.24, 2.45) is 0 Å². The molecule has 0 spiro atoms. The number of hydrogen-bond acceptors (Lipinski definition) is 3. The first-order chi connectivity index (χ1) is 13.8. The number of rotatable bonds is 3. The lowest BCUT2D eigenvalue weighted by atomic mass is 10.2. The lowest BCUT2D eigenvalue weighted by Gasteiger charge is -2.12. The second-order valence-electron chi connectivity index (χ2n) is 6.13. The van der Waals surface area contributed by atoms with E-state index in [2.05, 4.69) is 10.2 Å². The first-order valence-electron chi connectivity index (χ1n) is 8.41. The van der Waals surface area contributed by atoms with Crippen LogP contribution in [-0.4, -0.2) is 19.6 Å². The average Bonchev–Trinajstić information content (AvgIpc) is 3.18. The van der Waals surface area contributed by atoms with Gasteiger partial charge in [-0.15, -0.1) is 0 Å². The molecule has 2 aromatic heterocycles. The van der Waals surface area contributed by atoms with Crippen molar-refractivity contribution in [3.63, 3.8) is 0 Å². The Kier molecular flexibility index (Phi) is 4.50. The lowest BCUT2D eigenvalue weighted by Crippen LogP contribution is -2.15. The van der Waals surface area contributed by atoms with Crippen molar-refractivity contribution in [2.45, 2.75) is 6.18 Å². The van der Waals surface area contributed by atoms with E-state index in [9.17, 15) is 22.4 Å². The van der Waals surface area contributed by atoms with Crippen molar-refractivity contribution >= 4 is 0 Å². The van der Waals surface area contributed by atoms with Gasteiger partial charge in [0, 0.05) is 12.3 Å². The fraction of sp³-hybridized carbons (Fsp3) is 0.0500. The molecule has 0 radical (unpaired) electrons. The molecule has 2 heterocycles. The zero-order valence-electron chi connectivity index (χ0n) is 14.6. The number of aromatic nitrogens is 4. The predicted molar refractivity (Wildman–Crippen MR) is 97.4 cm³/mol. The van der Waals surface area contributed by atoms with Crippen molar-refractivity contribution in [1.82, 2.24) is 19.6 Å². The largest absolute Gasteiger partial charge is 0.416 e. The molecule has 2 aromatic carbocycles. The molecule has 0 aliphatic heterocycles. The van der Waals surface area contributed by atoms with Crippen LogP contribution in [-0.2, 0) is 6.18 Å². The van der Waals surface area contributed by atoms with Crippen LogP contribution in [0.25, 0.3) is 22.8 Å². The van der Waals surface area contributed by atoms with Gasteiger partial charge >= 0.3 is 6.18 Å². The molecule has 0 saturated heterocycles. The van der Waals surface area contributed by atoms with Crippen LogP contribution in [0.1, 0.15) is 5.56 Å². The summed E-state index contributed by atoms with van der Waals surface area (Å²) in [4.78, 5) is 12.4. The van der Waals surface area contributed by atoms with Crippen LogP contribution in [0.2, 0.25) is 0 Å². The van der Waals surface area contributed by atoms with E-state index in [1.807, 2.05) is 0 Å². The standard InChI is InChI=1S/C20H12F4N4O/c21-14-4-6-15(7-5-14)28-17(8-10-25-28)19-18(29)9-11-27(26-19)16-3-1-2-13(12-16)20(22,23)24/h1-12H. The van der Waals surface area contributed by atoms with Gasteiger partial charge in [0.2, 0.25) is 5.43 Å². The van der Waals surface area contributed by atoms with Crippen LogP contribution in [0, 0.1) is 5.82 Å².